The van der Waals surface area contributed by atoms with Gasteiger partial charge < -0.3 is 0 Å². The van der Waals surface area contributed by atoms with Gasteiger partial charge in [-0.05, 0) is 93.7 Å². The Kier molecular flexibility index (Phi) is 7.60. The fraction of sp³-hybridized carbons (Fsp3) is 0.118. The summed E-state index contributed by atoms with van der Waals surface area (Å²) < 4.78 is 2.54. The molecule has 55 heavy (non-hydrogen) atoms. The average molecular weight is 724 g/mol. The van der Waals surface area contributed by atoms with Gasteiger partial charge in [0.1, 0.15) is 0 Å². The molecule has 0 aliphatic heterocycles. The molecule has 9 aromatic rings. The van der Waals surface area contributed by atoms with E-state index >= 15 is 0 Å². The highest BCUT2D eigenvalue weighted by Crippen LogP contribution is 2.56. The molecule has 2 aliphatic carbocycles. The SMILES string of the molecule is c1ccc(-c2ccc(-c3nc(-c4ccccc4)nc(-c4ccc5sc6ccc(-c7ccc8c(c7)-c7ccccc7C87CCCCC7)cc6c5c4)n3)cc2)cc1. The zero-order valence-corrected chi connectivity index (χ0v) is 31.2. The number of benzene rings is 7. The van der Waals surface area contributed by atoms with Gasteiger partial charge in [-0.3, -0.25) is 0 Å². The van der Waals surface area contributed by atoms with Crippen molar-refractivity contribution in [3.63, 3.8) is 0 Å². The molecular formula is C51H37N3S. The number of fused-ring (bicyclic) bond motifs is 8. The van der Waals surface area contributed by atoms with Crippen molar-refractivity contribution in [2.24, 2.45) is 0 Å². The van der Waals surface area contributed by atoms with Crippen LogP contribution in [-0.2, 0) is 5.41 Å². The molecule has 2 heterocycles. The smallest absolute Gasteiger partial charge is 0.164 e. The summed E-state index contributed by atoms with van der Waals surface area (Å²) in [7, 11) is 0. The Balaban J connectivity index is 1.00. The summed E-state index contributed by atoms with van der Waals surface area (Å²) in [5, 5.41) is 2.49. The Bertz CT molecular complexity index is 2890. The number of nitrogens with zero attached hydrogens (tertiary/aromatic N) is 3. The Morgan fingerprint density at radius 1 is 0.364 bits per heavy atom. The van der Waals surface area contributed by atoms with Gasteiger partial charge in [0.15, 0.2) is 17.5 Å². The molecule has 0 amide bonds. The average Bonchev–Trinajstić information content (AvgIpc) is 3.76. The zero-order chi connectivity index (χ0) is 36.3. The van der Waals surface area contributed by atoms with Gasteiger partial charge in [-0.1, -0.05) is 147 Å². The summed E-state index contributed by atoms with van der Waals surface area (Å²) in [5.74, 6) is 2.00. The summed E-state index contributed by atoms with van der Waals surface area (Å²) in [6.45, 7) is 0. The summed E-state index contributed by atoms with van der Waals surface area (Å²) in [4.78, 5) is 15.2. The van der Waals surface area contributed by atoms with E-state index < -0.39 is 0 Å². The monoisotopic (exact) mass is 723 g/mol. The number of hydrogen-bond acceptors (Lipinski definition) is 4. The first-order valence-electron chi connectivity index (χ1n) is 19.4. The number of thiophene rings is 1. The van der Waals surface area contributed by atoms with Crippen molar-refractivity contribution in [1.29, 1.82) is 0 Å². The van der Waals surface area contributed by atoms with E-state index in [4.69, 9.17) is 15.0 Å². The Morgan fingerprint density at radius 3 is 1.55 bits per heavy atom. The summed E-state index contributed by atoms with van der Waals surface area (Å²) in [6.07, 6.45) is 6.46. The molecule has 0 bridgehead atoms. The van der Waals surface area contributed by atoms with Crippen LogP contribution in [0.5, 0.6) is 0 Å². The highest BCUT2D eigenvalue weighted by molar-refractivity contribution is 7.25. The van der Waals surface area contributed by atoms with E-state index in [1.165, 1.54) is 91.2 Å². The van der Waals surface area contributed by atoms with Crippen molar-refractivity contribution in [2.75, 3.05) is 0 Å². The molecular weight excluding hydrogens is 687 g/mol. The van der Waals surface area contributed by atoms with Gasteiger partial charge in [0, 0.05) is 42.3 Å². The quantitative estimate of drug-likeness (QED) is 0.177. The second-order valence-electron chi connectivity index (χ2n) is 15.1. The van der Waals surface area contributed by atoms with Gasteiger partial charge in [0.2, 0.25) is 0 Å². The van der Waals surface area contributed by atoms with Crippen molar-refractivity contribution >= 4 is 31.5 Å². The van der Waals surface area contributed by atoms with Gasteiger partial charge in [0.25, 0.3) is 0 Å². The van der Waals surface area contributed by atoms with Crippen molar-refractivity contribution in [1.82, 2.24) is 15.0 Å². The molecule has 0 radical (unpaired) electrons. The molecule has 262 valence electrons. The topological polar surface area (TPSA) is 38.7 Å². The van der Waals surface area contributed by atoms with Gasteiger partial charge in [0.05, 0.1) is 0 Å². The predicted molar refractivity (Wildman–Crippen MR) is 229 cm³/mol. The number of aromatic nitrogens is 3. The molecule has 4 heteroatoms. The molecule has 0 unspecified atom stereocenters. The van der Waals surface area contributed by atoms with Crippen LogP contribution in [-0.4, -0.2) is 15.0 Å². The summed E-state index contributed by atoms with van der Waals surface area (Å²) in [6, 6.07) is 59.2. The van der Waals surface area contributed by atoms with Crippen LogP contribution < -0.4 is 0 Å². The van der Waals surface area contributed by atoms with E-state index in [9.17, 15) is 0 Å². The Hall–Kier alpha value is -6.23. The summed E-state index contributed by atoms with van der Waals surface area (Å²) in [5.41, 5.74) is 13.8. The third-order valence-electron chi connectivity index (χ3n) is 12.0. The first kappa shape index (κ1) is 32.2. The second-order valence-corrected chi connectivity index (χ2v) is 16.2. The van der Waals surface area contributed by atoms with Gasteiger partial charge >= 0.3 is 0 Å². The maximum atomic E-state index is 5.11. The van der Waals surface area contributed by atoms with Crippen LogP contribution in [0, 0.1) is 0 Å². The van der Waals surface area contributed by atoms with Crippen LogP contribution in [0.3, 0.4) is 0 Å². The number of rotatable bonds is 5. The highest BCUT2D eigenvalue weighted by atomic mass is 32.1. The first-order chi connectivity index (χ1) is 27.2. The largest absolute Gasteiger partial charge is 0.208 e. The highest BCUT2D eigenvalue weighted by Gasteiger charge is 2.43. The minimum absolute atomic E-state index is 0.174. The first-order valence-corrected chi connectivity index (χ1v) is 20.2. The fourth-order valence-electron chi connectivity index (χ4n) is 9.23. The third kappa shape index (κ3) is 5.43. The van der Waals surface area contributed by atoms with Crippen molar-refractivity contribution in [3.8, 4) is 67.5 Å². The molecule has 1 spiro atoms. The lowest BCUT2D eigenvalue weighted by Gasteiger charge is -2.36. The standard InChI is InChI=1S/C51H37N3S/c1-4-12-33(13-5-1)34-18-20-36(21-19-34)49-52-48(35-14-6-2-7-15-35)53-50(54-49)39-24-27-47-43(32-39)42-31-38(23-26-46(42)55-47)37-22-25-45-41(30-37)40-16-8-9-17-44(40)51(45)28-10-3-11-29-51/h1-2,4-9,12-27,30-32H,3,10-11,28-29H2. The van der Waals surface area contributed by atoms with Crippen molar-refractivity contribution in [2.45, 2.75) is 37.5 Å². The van der Waals surface area contributed by atoms with E-state index in [0.29, 0.717) is 17.5 Å². The van der Waals surface area contributed by atoms with Crippen LogP contribution in [0.15, 0.2) is 164 Å². The maximum absolute atomic E-state index is 5.11. The Labute approximate surface area is 325 Å². The van der Waals surface area contributed by atoms with Gasteiger partial charge in [-0.25, -0.2) is 15.0 Å². The van der Waals surface area contributed by atoms with Crippen LogP contribution >= 0.6 is 11.3 Å². The molecule has 2 aromatic heterocycles. The van der Waals surface area contributed by atoms with E-state index in [1.807, 2.05) is 35.6 Å². The molecule has 1 fully saturated rings. The van der Waals surface area contributed by atoms with E-state index in [0.717, 1.165) is 22.3 Å². The molecule has 0 N–H and O–H groups in total. The second kappa shape index (κ2) is 13.0. The van der Waals surface area contributed by atoms with Crippen LogP contribution in [0.25, 0.3) is 87.7 Å². The lowest BCUT2D eigenvalue weighted by atomic mass is 9.68. The summed E-state index contributed by atoms with van der Waals surface area (Å²) >= 11 is 1.84. The number of hydrogen-bond donors (Lipinski definition) is 0. The van der Waals surface area contributed by atoms with Crippen molar-refractivity contribution < 1.29 is 0 Å². The molecule has 0 atom stereocenters. The maximum Gasteiger partial charge on any atom is 0.164 e. The molecule has 1 saturated carbocycles. The minimum atomic E-state index is 0.174. The molecule has 0 saturated heterocycles. The zero-order valence-electron chi connectivity index (χ0n) is 30.4. The van der Waals surface area contributed by atoms with Crippen LogP contribution in [0.4, 0.5) is 0 Å². The molecule has 2 aliphatic rings. The van der Waals surface area contributed by atoms with Gasteiger partial charge in [-0.2, -0.15) is 0 Å². The van der Waals surface area contributed by atoms with Crippen LogP contribution in [0.1, 0.15) is 43.2 Å². The van der Waals surface area contributed by atoms with E-state index in [2.05, 4.69) is 140 Å². The van der Waals surface area contributed by atoms with E-state index in [-0.39, 0.29) is 5.41 Å². The van der Waals surface area contributed by atoms with E-state index in [1.54, 1.807) is 0 Å². The predicted octanol–water partition coefficient (Wildman–Crippen LogP) is 13.8. The Morgan fingerprint density at radius 2 is 0.836 bits per heavy atom. The van der Waals surface area contributed by atoms with Gasteiger partial charge in [-0.15, -0.1) is 11.3 Å². The van der Waals surface area contributed by atoms with Crippen molar-refractivity contribution in [3.05, 3.63) is 175 Å². The normalized spacial score (nSPS) is 14.3. The van der Waals surface area contributed by atoms with Crippen LogP contribution in [0.2, 0.25) is 0 Å². The lowest BCUT2D eigenvalue weighted by Crippen LogP contribution is -2.27. The third-order valence-corrected chi connectivity index (χ3v) is 13.1. The fourth-order valence-corrected chi connectivity index (χ4v) is 10.3. The minimum Gasteiger partial charge on any atom is -0.208 e. The molecule has 11 rings (SSSR count). The molecule has 7 aromatic carbocycles. The lowest BCUT2D eigenvalue weighted by molar-refractivity contribution is 0.353. The molecule has 3 nitrogen and oxygen atoms in total.